The first-order valence-corrected chi connectivity index (χ1v) is 3.74. The van der Waals surface area contributed by atoms with Crippen molar-refractivity contribution in [3.63, 3.8) is 0 Å². The molecule has 1 rings (SSSR count). The molecule has 1 aliphatic heterocycles. The molecule has 1 saturated heterocycles. The second kappa shape index (κ2) is 3.42. The number of hydrogen-bond acceptors (Lipinski definition) is 4. The van der Waals surface area contributed by atoms with Crippen LogP contribution in [0.15, 0.2) is 0 Å². The van der Waals surface area contributed by atoms with E-state index >= 15 is 0 Å². The molecule has 1 aliphatic rings. The zero-order valence-electron chi connectivity index (χ0n) is 6.99. The normalized spacial score (nSPS) is 27.7. The molecule has 2 unspecified atom stereocenters. The maximum absolute atomic E-state index is 11.0. The largest absolute Gasteiger partial charge is 0.467 e. The summed E-state index contributed by atoms with van der Waals surface area (Å²) in [5.41, 5.74) is 0. The maximum atomic E-state index is 11.0. The highest BCUT2D eigenvalue weighted by Crippen LogP contribution is 2.12. The summed E-state index contributed by atoms with van der Waals surface area (Å²) < 4.78 is 9.28. The topological polar surface area (TPSA) is 64.6 Å². The Kier molecular flexibility index (Phi) is 2.52. The van der Waals surface area contributed by atoms with E-state index in [9.17, 15) is 9.59 Å². The molecule has 5 heteroatoms. The van der Waals surface area contributed by atoms with E-state index in [1.54, 1.807) is 0 Å². The number of amides is 1. The van der Waals surface area contributed by atoms with E-state index in [2.05, 4.69) is 10.1 Å². The average molecular weight is 173 g/mol. The van der Waals surface area contributed by atoms with Crippen LogP contribution in [0.5, 0.6) is 0 Å². The molecule has 0 aromatic rings. The van der Waals surface area contributed by atoms with Crippen molar-refractivity contribution in [2.45, 2.75) is 25.5 Å². The van der Waals surface area contributed by atoms with Crippen molar-refractivity contribution in [1.82, 2.24) is 5.32 Å². The van der Waals surface area contributed by atoms with Gasteiger partial charge in [-0.25, -0.2) is 9.59 Å². The van der Waals surface area contributed by atoms with Gasteiger partial charge in [0.2, 0.25) is 0 Å². The third-order valence-electron chi connectivity index (χ3n) is 1.76. The third-order valence-corrected chi connectivity index (χ3v) is 1.76. The van der Waals surface area contributed by atoms with Gasteiger partial charge in [-0.2, -0.15) is 0 Å². The number of nitrogens with one attached hydrogen (secondary N) is 1. The Morgan fingerprint density at radius 1 is 1.75 bits per heavy atom. The maximum Gasteiger partial charge on any atom is 0.408 e. The zero-order valence-corrected chi connectivity index (χ0v) is 6.99. The molecule has 0 aromatic heterocycles. The lowest BCUT2D eigenvalue weighted by atomic mass is 10.1. The van der Waals surface area contributed by atoms with Crippen LogP contribution >= 0.6 is 0 Å². The van der Waals surface area contributed by atoms with E-state index in [1.807, 2.05) is 6.92 Å². The minimum absolute atomic E-state index is 0.398. The number of cyclic esters (lactones) is 1. The molecule has 1 N–H and O–H groups in total. The molecule has 1 fully saturated rings. The Bertz CT molecular complexity index is 204. The number of rotatable bonds is 2. The van der Waals surface area contributed by atoms with Crippen LogP contribution in [-0.2, 0) is 14.3 Å². The minimum Gasteiger partial charge on any atom is -0.467 e. The summed E-state index contributed by atoms with van der Waals surface area (Å²) in [4.78, 5) is 21.7. The summed E-state index contributed by atoms with van der Waals surface area (Å²) in [5.74, 6) is -0.465. The molecule has 1 amide bonds. The molecule has 0 radical (unpaired) electrons. The Labute approximate surface area is 70.0 Å². The fourth-order valence-corrected chi connectivity index (χ4v) is 1.12. The molecule has 2 atom stereocenters. The second-order valence-corrected chi connectivity index (χ2v) is 2.50. The van der Waals surface area contributed by atoms with Gasteiger partial charge < -0.3 is 14.8 Å². The van der Waals surface area contributed by atoms with Gasteiger partial charge in [-0.3, -0.25) is 0 Å². The molecule has 0 saturated carbocycles. The van der Waals surface area contributed by atoms with Crippen LogP contribution in [-0.4, -0.2) is 31.3 Å². The number of esters is 1. The van der Waals surface area contributed by atoms with Crippen LogP contribution in [0.4, 0.5) is 4.79 Å². The Morgan fingerprint density at radius 2 is 2.42 bits per heavy atom. The van der Waals surface area contributed by atoms with Crippen LogP contribution in [0.3, 0.4) is 0 Å². The lowest BCUT2D eigenvalue weighted by molar-refractivity contribution is -0.144. The van der Waals surface area contributed by atoms with Gasteiger partial charge in [-0.1, -0.05) is 6.92 Å². The Balaban J connectivity index is 2.63. The van der Waals surface area contributed by atoms with E-state index in [1.165, 1.54) is 7.11 Å². The van der Waals surface area contributed by atoms with Crippen LogP contribution in [0, 0.1) is 0 Å². The SMILES string of the molecule is CCC1OC(=O)NC1C(=O)OC. The standard InChI is InChI=1S/C7H11NO4/c1-3-4-5(6(9)11-2)8-7(10)12-4/h4-5H,3H2,1-2H3,(H,8,10). The van der Waals surface area contributed by atoms with E-state index in [4.69, 9.17) is 4.74 Å². The Morgan fingerprint density at radius 3 is 2.92 bits per heavy atom. The molecule has 0 bridgehead atoms. The van der Waals surface area contributed by atoms with Gasteiger partial charge in [0.25, 0.3) is 0 Å². The summed E-state index contributed by atoms with van der Waals surface area (Å²) in [7, 11) is 1.28. The fourth-order valence-electron chi connectivity index (χ4n) is 1.12. The van der Waals surface area contributed by atoms with Gasteiger partial charge >= 0.3 is 12.1 Å². The number of carbonyl (C=O) groups is 2. The van der Waals surface area contributed by atoms with E-state index in [0.29, 0.717) is 6.42 Å². The quantitative estimate of drug-likeness (QED) is 0.599. The van der Waals surface area contributed by atoms with Crippen molar-refractivity contribution in [3.8, 4) is 0 Å². The van der Waals surface area contributed by atoms with Gasteiger partial charge in [-0.15, -0.1) is 0 Å². The highest BCUT2D eigenvalue weighted by molar-refractivity contribution is 5.84. The number of methoxy groups -OCH3 is 1. The van der Waals surface area contributed by atoms with Gasteiger partial charge in [0.15, 0.2) is 6.04 Å². The number of ether oxygens (including phenoxy) is 2. The summed E-state index contributed by atoms with van der Waals surface area (Å²) >= 11 is 0. The predicted molar refractivity (Wildman–Crippen MR) is 39.5 cm³/mol. The summed E-state index contributed by atoms with van der Waals surface area (Å²) in [6.45, 7) is 1.83. The van der Waals surface area contributed by atoms with Gasteiger partial charge in [0.05, 0.1) is 7.11 Å². The predicted octanol–water partition coefficient (Wildman–Crippen LogP) is 0.0464. The monoisotopic (exact) mass is 173 g/mol. The molecule has 1 heterocycles. The van der Waals surface area contributed by atoms with Crippen LogP contribution in [0.2, 0.25) is 0 Å². The molecule has 0 spiro atoms. The highest BCUT2D eigenvalue weighted by Gasteiger charge is 2.38. The number of alkyl carbamates (subject to hydrolysis) is 1. The van der Waals surface area contributed by atoms with E-state index in [-0.39, 0.29) is 0 Å². The zero-order chi connectivity index (χ0) is 9.14. The molecular formula is C7H11NO4. The van der Waals surface area contributed by atoms with E-state index in [0.717, 1.165) is 0 Å². The van der Waals surface area contributed by atoms with Crippen molar-refractivity contribution in [2.24, 2.45) is 0 Å². The van der Waals surface area contributed by atoms with Crippen molar-refractivity contribution in [3.05, 3.63) is 0 Å². The average Bonchev–Trinajstić information content (AvgIpc) is 2.45. The van der Waals surface area contributed by atoms with Crippen molar-refractivity contribution >= 4 is 12.1 Å². The molecule has 5 nitrogen and oxygen atoms in total. The van der Waals surface area contributed by atoms with Crippen LogP contribution in [0.1, 0.15) is 13.3 Å². The van der Waals surface area contributed by atoms with Gasteiger partial charge in [-0.05, 0) is 6.42 Å². The Hall–Kier alpha value is -1.26. The third kappa shape index (κ3) is 1.49. The molecule has 0 aliphatic carbocycles. The summed E-state index contributed by atoms with van der Waals surface area (Å²) in [5, 5.41) is 2.37. The lowest BCUT2D eigenvalue weighted by Gasteiger charge is -2.11. The first-order chi connectivity index (χ1) is 5.69. The van der Waals surface area contributed by atoms with Crippen LogP contribution < -0.4 is 5.32 Å². The van der Waals surface area contributed by atoms with Crippen molar-refractivity contribution in [2.75, 3.05) is 7.11 Å². The fraction of sp³-hybridized carbons (Fsp3) is 0.714. The molecular weight excluding hydrogens is 162 g/mol. The van der Waals surface area contributed by atoms with Gasteiger partial charge in [0, 0.05) is 0 Å². The highest BCUT2D eigenvalue weighted by atomic mass is 16.6. The van der Waals surface area contributed by atoms with Crippen LogP contribution in [0.25, 0.3) is 0 Å². The summed E-state index contributed by atoms with van der Waals surface area (Å²) in [6.07, 6.45) is -0.361. The molecule has 68 valence electrons. The molecule has 12 heavy (non-hydrogen) atoms. The smallest absolute Gasteiger partial charge is 0.408 e. The number of carbonyl (C=O) groups excluding carboxylic acids is 2. The summed E-state index contributed by atoms with van der Waals surface area (Å²) in [6, 6.07) is -0.646. The van der Waals surface area contributed by atoms with E-state index < -0.39 is 24.2 Å². The van der Waals surface area contributed by atoms with Crippen molar-refractivity contribution in [1.29, 1.82) is 0 Å². The molecule has 0 aromatic carbocycles. The van der Waals surface area contributed by atoms with Gasteiger partial charge in [0.1, 0.15) is 6.10 Å². The first-order valence-electron chi connectivity index (χ1n) is 3.74. The number of hydrogen-bond donors (Lipinski definition) is 1. The second-order valence-electron chi connectivity index (χ2n) is 2.50. The minimum atomic E-state index is -0.646. The lowest BCUT2D eigenvalue weighted by Crippen LogP contribution is -2.39. The van der Waals surface area contributed by atoms with Crippen molar-refractivity contribution < 1.29 is 19.1 Å². The first kappa shape index (κ1) is 8.83.